The summed E-state index contributed by atoms with van der Waals surface area (Å²) in [7, 11) is 0. The largest absolute Gasteiger partial charge is 0.481 e. The molecule has 3 fully saturated rings. The van der Waals surface area contributed by atoms with Gasteiger partial charge in [0.1, 0.15) is 6.10 Å². The van der Waals surface area contributed by atoms with Crippen molar-refractivity contribution in [1.82, 2.24) is 0 Å². The predicted octanol–water partition coefficient (Wildman–Crippen LogP) is 7.27. The van der Waals surface area contributed by atoms with Crippen LogP contribution in [-0.2, 0) is 14.3 Å². The van der Waals surface area contributed by atoms with Crippen molar-refractivity contribution in [1.29, 1.82) is 0 Å². The second-order valence-electron chi connectivity index (χ2n) is 13.5. The van der Waals surface area contributed by atoms with Crippen LogP contribution in [0.25, 0.3) is 0 Å². The van der Waals surface area contributed by atoms with Crippen LogP contribution in [0.4, 0.5) is 0 Å². The Morgan fingerprint density at radius 1 is 1.15 bits per heavy atom. The van der Waals surface area contributed by atoms with E-state index in [1.165, 1.54) is 25.7 Å². The third-order valence-corrected chi connectivity index (χ3v) is 11.5. The fraction of sp³-hybridized carbons (Fsp3) is 0.867. The molecular weight excluding hydrogens is 424 g/mol. The van der Waals surface area contributed by atoms with Gasteiger partial charge in [0.05, 0.1) is 5.92 Å². The highest BCUT2D eigenvalue weighted by Crippen LogP contribution is 2.72. The summed E-state index contributed by atoms with van der Waals surface area (Å²) in [6.45, 7) is 16.5. The number of esters is 1. The van der Waals surface area contributed by atoms with Crippen molar-refractivity contribution in [3.8, 4) is 0 Å². The molecule has 2 saturated carbocycles. The van der Waals surface area contributed by atoms with E-state index < -0.39 is 5.97 Å². The molecule has 3 aliphatic carbocycles. The maximum Gasteiger partial charge on any atom is 0.309 e. The molecule has 1 aliphatic heterocycles. The molecule has 1 N–H and O–H groups in total. The quantitative estimate of drug-likeness (QED) is 0.312. The molecule has 4 nitrogen and oxygen atoms in total. The van der Waals surface area contributed by atoms with E-state index in [9.17, 15) is 14.7 Å². The molecule has 0 unspecified atom stereocenters. The maximum absolute atomic E-state index is 12.0. The van der Waals surface area contributed by atoms with E-state index in [1.54, 1.807) is 5.57 Å². The molecule has 192 valence electrons. The van der Waals surface area contributed by atoms with E-state index in [0.29, 0.717) is 29.6 Å². The van der Waals surface area contributed by atoms with Gasteiger partial charge in [-0.2, -0.15) is 0 Å². The number of aliphatic carboxylic acids is 1. The minimum atomic E-state index is -0.664. The molecule has 4 aliphatic rings. The number of fused-ring (bicyclic) bond motifs is 3. The van der Waals surface area contributed by atoms with Crippen LogP contribution in [0.5, 0.6) is 0 Å². The Labute approximate surface area is 207 Å². The van der Waals surface area contributed by atoms with Gasteiger partial charge in [0.25, 0.3) is 0 Å². The van der Waals surface area contributed by atoms with Gasteiger partial charge >= 0.3 is 11.9 Å². The summed E-state index contributed by atoms with van der Waals surface area (Å²) in [6, 6.07) is 0. The summed E-state index contributed by atoms with van der Waals surface area (Å²) in [5, 5.41) is 9.52. The fourth-order valence-electron chi connectivity index (χ4n) is 9.44. The molecule has 0 spiro atoms. The SMILES string of the molecule is CC(C)[C@@H]1CC=C2[C@@H](CC[C@]3(C)[C@@H]([C@H](C)C[C@@H]4C[C@@H](C)C(=O)O4)CC[C@@]23C)[C@@]1(C)CCC(=O)O. The average molecular weight is 473 g/mol. The number of rotatable bonds is 7. The molecule has 0 aromatic carbocycles. The molecule has 1 heterocycles. The van der Waals surface area contributed by atoms with Gasteiger partial charge in [-0.25, -0.2) is 0 Å². The summed E-state index contributed by atoms with van der Waals surface area (Å²) in [5.74, 6) is 2.14. The summed E-state index contributed by atoms with van der Waals surface area (Å²) >= 11 is 0. The van der Waals surface area contributed by atoms with Crippen molar-refractivity contribution in [2.45, 2.75) is 112 Å². The lowest BCUT2D eigenvalue weighted by Gasteiger charge is -2.61. The third kappa shape index (κ3) is 3.95. The van der Waals surface area contributed by atoms with Gasteiger partial charge < -0.3 is 9.84 Å². The number of carbonyl (C=O) groups excluding carboxylic acids is 1. The van der Waals surface area contributed by atoms with Crippen molar-refractivity contribution in [2.75, 3.05) is 0 Å². The van der Waals surface area contributed by atoms with Crippen LogP contribution in [0.1, 0.15) is 106 Å². The standard InChI is InChI=1S/C30H48O4/c1-18(2)22-8-9-25-24(28(22,5)13-12-26(31)32)11-15-29(6)23(10-14-30(25,29)7)19(3)16-21-17-20(4)27(33)34-21/h9,18-24H,8,10-17H2,1-7H3,(H,31,32)/t19-,20-,21-,22+,23-,24-,28+,29-,30+/m1/s1. The number of carbonyl (C=O) groups is 2. The summed E-state index contributed by atoms with van der Waals surface area (Å²) in [5.41, 5.74) is 2.14. The van der Waals surface area contributed by atoms with Crippen LogP contribution in [0.2, 0.25) is 0 Å². The highest BCUT2D eigenvalue weighted by atomic mass is 16.5. The van der Waals surface area contributed by atoms with E-state index in [1.807, 2.05) is 6.92 Å². The number of ether oxygens (including phenoxy) is 1. The summed E-state index contributed by atoms with van der Waals surface area (Å²) in [6.07, 6.45) is 11.5. The first kappa shape index (κ1) is 25.8. The predicted molar refractivity (Wildman–Crippen MR) is 135 cm³/mol. The van der Waals surface area contributed by atoms with E-state index in [0.717, 1.165) is 25.7 Å². The van der Waals surface area contributed by atoms with Crippen molar-refractivity contribution in [3.05, 3.63) is 11.6 Å². The number of carboxylic acid groups (broad SMARTS) is 1. The number of cyclic esters (lactones) is 1. The molecule has 0 bridgehead atoms. The third-order valence-electron chi connectivity index (χ3n) is 11.5. The molecule has 34 heavy (non-hydrogen) atoms. The van der Waals surface area contributed by atoms with Crippen LogP contribution in [0.15, 0.2) is 11.6 Å². The van der Waals surface area contributed by atoms with Crippen LogP contribution in [0, 0.1) is 51.8 Å². The first-order valence-corrected chi connectivity index (χ1v) is 14.0. The Morgan fingerprint density at radius 2 is 1.85 bits per heavy atom. The number of carboxylic acids is 1. The Hall–Kier alpha value is -1.32. The number of hydrogen-bond acceptors (Lipinski definition) is 3. The normalized spacial score (nSPS) is 44.9. The van der Waals surface area contributed by atoms with Crippen molar-refractivity contribution in [3.63, 3.8) is 0 Å². The second kappa shape index (κ2) is 8.96. The molecule has 4 rings (SSSR count). The van der Waals surface area contributed by atoms with E-state index in [-0.39, 0.29) is 40.7 Å². The molecule has 0 amide bonds. The molecule has 4 heteroatoms. The van der Waals surface area contributed by atoms with Gasteiger partial charge in [0.15, 0.2) is 0 Å². The lowest BCUT2D eigenvalue weighted by Crippen LogP contribution is -2.52. The Bertz CT molecular complexity index is 845. The molecule has 0 radical (unpaired) electrons. The van der Waals surface area contributed by atoms with E-state index in [4.69, 9.17) is 4.74 Å². The van der Waals surface area contributed by atoms with Gasteiger partial charge in [-0.1, -0.05) is 60.1 Å². The zero-order chi connectivity index (χ0) is 25.1. The first-order chi connectivity index (χ1) is 15.8. The fourth-order valence-corrected chi connectivity index (χ4v) is 9.44. The van der Waals surface area contributed by atoms with Gasteiger partial charge in [-0.15, -0.1) is 0 Å². The van der Waals surface area contributed by atoms with Crippen molar-refractivity contribution >= 4 is 11.9 Å². The summed E-state index contributed by atoms with van der Waals surface area (Å²) in [4.78, 5) is 23.5. The zero-order valence-corrected chi connectivity index (χ0v) is 22.7. The number of allylic oxidation sites excluding steroid dienone is 2. The second-order valence-corrected chi connectivity index (χ2v) is 13.5. The maximum atomic E-state index is 12.0. The number of hydrogen-bond donors (Lipinski definition) is 1. The van der Waals surface area contributed by atoms with Gasteiger partial charge in [-0.05, 0) is 97.2 Å². The molecular formula is C30H48O4. The first-order valence-electron chi connectivity index (χ1n) is 14.0. The molecule has 9 atom stereocenters. The molecule has 0 aromatic heterocycles. The smallest absolute Gasteiger partial charge is 0.309 e. The molecule has 1 saturated heterocycles. The minimum Gasteiger partial charge on any atom is -0.481 e. The van der Waals surface area contributed by atoms with Crippen LogP contribution in [-0.4, -0.2) is 23.1 Å². The zero-order valence-electron chi connectivity index (χ0n) is 22.7. The lowest BCUT2D eigenvalue weighted by molar-refractivity contribution is -0.144. The van der Waals surface area contributed by atoms with Crippen LogP contribution >= 0.6 is 0 Å². The van der Waals surface area contributed by atoms with Gasteiger partial charge in [-0.3, -0.25) is 9.59 Å². The van der Waals surface area contributed by atoms with Crippen LogP contribution in [0.3, 0.4) is 0 Å². The Kier molecular flexibility index (Phi) is 6.79. The van der Waals surface area contributed by atoms with E-state index >= 15 is 0 Å². The highest BCUT2D eigenvalue weighted by Gasteiger charge is 2.63. The van der Waals surface area contributed by atoms with E-state index in [2.05, 4.69) is 47.6 Å². The Morgan fingerprint density at radius 3 is 2.44 bits per heavy atom. The van der Waals surface area contributed by atoms with Gasteiger partial charge in [0, 0.05) is 6.42 Å². The van der Waals surface area contributed by atoms with Crippen LogP contribution < -0.4 is 0 Å². The average Bonchev–Trinajstić information content (AvgIpc) is 3.21. The lowest BCUT2D eigenvalue weighted by atomic mass is 9.44. The van der Waals surface area contributed by atoms with Crippen molar-refractivity contribution in [2.24, 2.45) is 51.8 Å². The Balaban J connectivity index is 1.59. The minimum absolute atomic E-state index is 0.0205. The molecule has 0 aromatic rings. The van der Waals surface area contributed by atoms with Gasteiger partial charge in [0.2, 0.25) is 0 Å². The monoisotopic (exact) mass is 472 g/mol. The highest BCUT2D eigenvalue weighted by molar-refractivity contribution is 5.74. The topological polar surface area (TPSA) is 63.6 Å². The summed E-state index contributed by atoms with van der Waals surface area (Å²) < 4.78 is 5.69. The van der Waals surface area contributed by atoms with Crippen molar-refractivity contribution < 1.29 is 19.4 Å².